The van der Waals surface area contributed by atoms with Crippen molar-refractivity contribution < 1.29 is 0 Å². The van der Waals surface area contributed by atoms with Crippen LogP contribution in [0.15, 0.2) is 18.2 Å². The van der Waals surface area contributed by atoms with Crippen molar-refractivity contribution in [2.75, 3.05) is 36.8 Å². The van der Waals surface area contributed by atoms with E-state index >= 15 is 0 Å². The molecule has 1 saturated heterocycles. The second-order valence-electron chi connectivity index (χ2n) is 5.34. The smallest absolute Gasteiger partial charge is 0.0601 e. The summed E-state index contributed by atoms with van der Waals surface area (Å²) < 4.78 is 0. The summed E-state index contributed by atoms with van der Waals surface area (Å²) in [6.07, 6.45) is 1.23. The highest BCUT2D eigenvalue weighted by molar-refractivity contribution is 5.68. The molecule has 3 nitrogen and oxygen atoms in total. The van der Waals surface area contributed by atoms with Crippen LogP contribution in [0.4, 0.5) is 11.4 Å². The Balaban J connectivity index is 2.01. The fourth-order valence-corrected chi connectivity index (χ4v) is 2.62. The van der Waals surface area contributed by atoms with Gasteiger partial charge in [-0.25, -0.2) is 0 Å². The number of nitrogens with zero attached hydrogens (tertiary/aromatic N) is 2. The highest BCUT2D eigenvalue weighted by Crippen LogP contribution is 2.25. The van der Waals surface area contributed by atoms with E-state index in [1.165, 1.54) is 17.7 Å². The Morgan fingerprint density at radius 2 is 1.89 bits per heavy atom. The molecular formula is C15H25N3. The fraction of sp³-hybridized carbons (Fsp3) is 0.600. The second-order valence-corrected chi connectivity index (χ2v) is 5.34. The Hall–Kier alpha value is -1.22. The third kappa shape index (κ3) is 2.78. The van der Waals surface area contributed by atoms with E-state index in [2.05, 4.69) is 48.8 Å². The Kier molecular flexibility index (Phi) is 4.12. The van der Waals surface area contributed by atoms with E-state index in [1.807, 2.05) is 0 Å². The van der Waals surface area contributed by atoms with Gasteiger partial charge in [0.1, 0.15) is 0 Å². The molecule has 0 aliphatic carbocycles. The van der Waals surface area contributed by atoms with Crippen LogP contribution in [0.5, 0.6) is 0 Å². The van der Waals surface area contributed by atoms with E-state index in [9.17, 15) is 0 Å². The Bertz CT molecular complexity index is 395. The van der Waals surface area contributed by atoms with E-state index in [4.69, 9.17) is 5.73 Å². The molecular weight excluding hydrogens is 222 g/mol. The van der Waals surface area contributed by atoms with Gasteiger partial charge in [-0.1, -0.05) is 13.0 Å². The van der Waals surface area contributed by atoms with Gasteiger partial charge in [-0.05, 0) is 38.0 Å². The predicted octanol–water partition coefficient (Wildman–Crippen LogP) is 2.50. The molecule has 1 fully saturated rings. The van der Waals surface area contributed by atoms with Gasteiger partial charge in [0.25, 0.3) is 0 Å². The van der Waals surface area contributed by atoms with Crippen molar-refractivity contribution in [2.24, 2.45) is 0 Å². The first-order chi connectivity index (χ1) is 8.61. The minimum Gasteiger partial charge on any atom is -0.397 e. The number of nitrogens with two attached hydrogens (primary N) is 1. The molecule has 0 spiro atoms. The standard InChI is InChI=1S/C15H25N3/c1-4-13(3)17-7-9-18(10-8-17)15-6-5-12(2)11-14(15)16/h5-6,11,13H,4,7-10,16H2,1-3H3. The van der Waals surface area contributed by atoms with Crippen LogP contribution >= 0.6 is 0 Å². The largest absolute Gasteiger partial charge is 0.397 e. The number of benzene rings is 1. The summed E-state index contributed by atoms with van der Waals surface area (Å²) in [6.45, 7) is 11.1. The summed E-state index contributed by atoms with van der Waals surface area (Å²) in [5, 5.41) is 0. The van der Waals surface area contributed by atoms with Crippen molar-refractivity contribution in [1.82, 2.24) is 4.90 Å². The Labute approximate surface area is 111 Å². The third-order valence-electron chi connectivity index (χ3n) is 4.05. The average molecular weight is 247 g/mol. The van der Waals surface area contributed by atoms with Gasteiger partial charge in [-0.2, -0.15) is 0 Å². The molecule has 100 valence electrons. The molecule has 2 N–H and O–H groups in total. The van der Waals surface area contributed by atoms with Crippen LogP contribution in [0.2, 0.25) is 0 Å². The summed E-state index contributed by atoms with van der Waals surface area (Å²) >= 11 is 0. The van der Waals surface area contributed by atoms with Gasteiger partial charge >= 0.3 is 0 Å². The average Bonchev–Trinajstić information content (AvgIpc) is 2.38. The summed E-state index contributed by atoms with van der Waals surface area (Å²) in [4.78, 5) is 4.98. The number of nitrogen functional groups attached to an aromatic ring is 1. The van der Waals surface area contributed by atoms with E-state index in [0.29, 0.717) is 6.04 Å². The van der Waals surface area contributed by atoms with Gasteiger partial charge in [0, 0.05) is 32.2 Å². The summed E-state index contributed by atoms with van der Waals surface area (Å²) in [5.41, 5.74) is 9.46. The maximum absolute atomic E-state index is 6.12. The van der Waals surface area contributed by atoms with Crippen LogP contribution < -0.4 is 10.6 Å². The number of hydrogen-bond donors (Lipinski definition) is 1. The van der Waals surface area contributed by atoms with Crippen molar-refractivity contribution in [3.63, 3.8) is 0 Å². The molecule has 1 aliphatic rings. The fourth-order valence-electron chi connectivity index (χ4n) is 2.62. The molecule has 1 aliphatic heterocycles. The van der Waals surface area contributed by atoms with Crippen molar-refractivity contribution >= 4 is 11.4 Å². The lowest BCUT2D eigenvalue weighted by Crippen LogP contribution is -2.49. The molecule has 18 heavy (non-hydrogen) atoms. The number of anilines is 2. The van der Waals surface area contributed by atoms with E-state index in [0.717, 1.165) is 31.9 Å². The lowest BCUT2D eigenvalue weighted by Gasteiger charge is -2.39. The van der Waals surface area contributed by atoms with E-state index < -0.39 is 0 Å². The molecule has 1 unspecified atom stereocenters. The normalized spacial score (nSPS) is 18.9. The van der Waals surface area contributed by atoms with Gasteiger partial charge in [-0.3, -0.25) is 4.90 Å². The molecule has 1 heterocycles. The van der Waals surface area contributed by atoms with Gasteiger partial charge in [0.15, 0.2) is 0 Å². The molecule has 0 radical (unpaired) electrons. The summed E-state index contributed by atoms with van der Waals surface area (Å²) in [6, 6.07) is 7.06. The summed E-state index contributed by atoms with van der Waals surface area (Å²) in [7, 11) is 0. The minimum absolute atomic E-state index is 0.697. The zero-order chi connectivity index (χ0) is 13.1. The van der Waals surface area contributed by atoms with Crippen molar-refractivity contribution in [1.29, 1.82) is 0 Å². The molecule has 3 heteroatoms. The molecule has 0 amide bonds. The first-order valence-electron chi connectivity index (χ1n) is 6.97. The maximum Gasteiger partial charge on any atom is 0.0601 e. The monoisotopic (exact) mass is 247 g/mol. The number of piperazine rings is 1. The highest BCUT2D eigenvalue weighted by Gasteiger charge is 2.21. The van der Waals surface area contributed by atoms with Crippen LogP contribution in [0, 0.1) is 6.92 Å². The molecule has 0 saturated carbocycles. The van der Waals surface area contributed by atoms with Gasteiger partial charge in [0.05, 0.1) is 11.4 Å². The number of aryl methyl sites for hydroxylation is 1. The third-order valence-corrected chi connectivity index (χ3v) is 4.05. The first kappa shape index (κ1) is 13.2. The zero-order valence-corrected chi connectivity index (χ0v) is 11.8. The Morgan fingerprint density at radius 3 is 2.44 bits per heavy atom. The quantitative estimate of drug-likeness (QED) is 0.833. The topological polar surface area (TPSA) is 32.5 Å². The van der Waals surface area contributed by atoms with Crippen molar-refractivity contribution in [2.45, 2.75) is 33.2 Å². The molecule has 0 aromatic heterocycles. The molecule has 2 rings (SSSR count). The minimum atomic E-state index is 0.697. The second kappa shape index (κ2) is 5.61. The van der Waals surface area contributed by atoms with Gasteiger partial charge in [-0.15, -0.1) is 0 Å². The number of hydrogen-bond acceptors (Lipinski definition) is 3. The lowest BCUT2D eigenvalue weighted by molar-refractivity contribution is 0.193. The van der Waals surface area contributed by atoms with Gasteiger partial charge in [0.2, 0.25) is 0 Å². The van der Waals surface area contributed by atoms with E-state index in [1.54, 1.807) is 0 Å². The zero-order valence-electron chi connectivity index (χ0n) is 11.8. The molecule has 1 atom stereocenters. The first-order valence-corrected chi connectivity index (χ1v) is 6.97. The highest BCUT2D eigenvalue weighted by atomic mass is 15.3. The molecule has 1 aromatic rings. The lowest BCUT2D eigenvalue weighted by atomic mass is 10.1. The van der Waals surface area contributed by atoms with Crippen molar-refractivity contribution in [3.8, 4) is 0 Å². The SMILES string of the molecule is CCC(C)N1CCN(c2ccc(C)cc2N)CC1. The summed E-state index contributed by atoms with van der Waals surface area (Å²) in [5.74, 6) is 0. The Morgan fingerprint density at radius 1 is 1.22 bits per heavy atom. The van der Waals surface area contributed by atoms with Crippen LogP contribution in [0.25, 0.3) is 0 Å². The van der Waals surface area contributed by atoms with E-state index in [-0.39, 0.29) is 0 Å². The number of rotatable bonds is 3. The van der Waals surface area contributed by atoms with Crippen molar-refractivity contribution in [3.05, 3.63) is 23.8 Å². The van der Waals surface area contributed by atoms with Crippen LogP contribution in [0.1, 0.15) is 25.8 Å². The van der Waals surface area contributed by atoms with Crippen LogP contribution in [-0.4, -0.2) is 37.1 Å². The predicted molar refractivity (Wildman–Crippen MR) is 79.1 cm³/mol. The van der Waals surface area contributed by atoms with Crippen LogP contribution in [0.3, 0.4) is 0 Å². The van der Waals surface area contributed by atoms with Gasteiger partial charge < -0.3 is 10.6 Å². The maximum atomic E-state index is 6.12. The molecule has 1 aromatic carbocycles. The van der Waals surface area contributed by atoms with Crippen LogP contribution in [-0.2, 0) is 0 Å². The molecule has 0 bridgehead atoms.